The van der Waals surface area contributed by atoms with Crippen molar-refractivity contribution in [3.63, 3.8) is 0 Å². The van der Waals surface area contributed by atoms with Crippen molar-refractivity contribution in [1.82, 2.24) is 5.32 Å². The molecule has 0 heterocycles. The van der Waals surface area contributed by atoms with Crippen LogP contribution >= 0.6 is 0 Å². The van der Waals surface area contributed by atoms with E-state index in [1.807, 2.05) is 61.5 Å². The van der Waals surface area contributed by atoms with Gasteiger partial charge in [0.1, 0.15) is 5.75 Å². The average molecular weight is 298 g/mol. The van der Waals surface area contributed by atoms with Gasteiger partial charge in [-0.3, -0.25) is 4.79 Å². The second-order valence-electron chi connectivity index (χ2n) is 5.04. The van der Waals surface area contributed by atoms with Crippen LogP contribution in [0.15, 0.2) is 54.6 Å². The van der Waals surface area contributed by atoms with Crippen LogP contribution in [0.2, 0.25) is 0 Å². The van der Waals surface area contributed by atoms with Gasteiger partial charge in [-0.1, -0.05) is 48.5 Å². The predicted molar refractivity (Wildman–Crippen MR) is 87.4 cm³/mol. The smallest absolute Gasteiger partial charge is 0.222 e. The first-order valence-electron chi connectivity index (χ1n) is 7.48. The summed E-state index contributed by atoms with van der Waals surface area (Å²) in [4.78, 5) is 12.0. The standard InChI is InChI=1S/C18H22N2O2/c1-2-22-17-11-7-6-10-15(17)13-20-18(21)12-16(19)14-8-4-3-5-9-14/h3-11,16H,2,12-13,19H2,1H3,(H,20,21). The van der Waals surface area contributed by atoms with Gasteiger partial charge in [0.2, 0.25) is 5.91 Å². The fourth-order valence-corrected chi connectivity index (χ4v) is 2.23. The monoisotopic (exact) mass is 298 g/mol. The van der Waals surface area contributed by atoms with Crippen LogP contribution < -0.4 is 15.8 Å². The predicted octanol–water partition coefficient (Wildman–Crippen LogP) is 2.79. The number of para-hydroxylation sites is 1. The summed E-state index contributed by atoms with van der Waals surface area (Å²) in [6.07, 6.45) is 0.265. The number of amides is 1. The maximum atomic E-state index is 12.0. The quantitative estimate of drug-likeness (QED) is 0.826. The van der Waals surface area contributed by atoms with E-state index < -0.39 is 0 Å². The maximum absolute atomic E-state index is 12.0. The lowest BCUT2D eigenvalue weighted by Gasteiger charge is -2.13. The molecule has 0 spiro atoms. The average Bonchev–Trinajstić information content (AvgIpc) is 2.55. The van der Waals surface area contributed by atoms with Gasteiger partial charge >= 0.3 is 0 Å². The molecule has 0 saturated carbocycles. The highest BCUT2D eigenvalue weighted by molar-refractivity contribution is 5.76. The molecule has 0 aliphatic rings. The van der Waals surface area contributed by atoms with Crippen molar-refractivity contribution in [3.8, 4) is 5.75 Å². The zero-order valence-electron chi connectivity index (χ0n) is 12.8. The Hall–Kier alpha value is -2.33. The van der Waals surface area contributed by atoms with E-state index >= 15 is 0 Å². The number of carbonyl (C=O) groups excluding carboxylic acids is 1. The van der Waals surface area contributed by atoms with Crippen molar-refractivity contribution in [2.24, 2.45) is 5.73 Å². The molecule has 1 atom stereocenters. The minimum atomic E-state index is -0.289. The maximum Gasteiger partial charge on any atom is 0.222 e. The summed E-state index contributed by atoms with van der Waals surface area (Å²) in [7, 11) is 0. The molecular weight excluding hydrogens is 276 g/mol. The Morgan fingerprint density at radius 2 is 1.82 bits per heavy atom. The molecule has 0 aliphatic carbocycles. The highest BCUT2D eigenvalue weighted by Gasteiger charge is 2.12. The summed E-state index contributed by atoms with van der Waals surface area (Å²) in [5.74, 6) is 0.736. The molecule has 2 aromatic carbocycles. The second kappa shape index (κ2) is 8.20. The van der Waals surface area contributed by atoms with Crippen LogP contribution in [-0.4, -0.2) is 12.5 Å². The van der Waals surface area contributed by atoms with Gasteiger partial charge in [-0.05, 0) is 18.6 Å². The van der Waals surface area contributed by atoms with E-state index in [9.17, 15) is 4.79 Å². The largest absolute Gasteiger partial charge is 0.494 e. The van der Waals surface area contributed by atoms with E-state index in [1.54, 1.807) is 0 Å². The van der Waals surface area contributed by atoms with Crippen LogP contribution in [0.4, 0.5) is 0 Å². The second-order valence-corrected chi connectivity index (χ2v) is 5.04. The number of hydrogen-bond donors (Lipinski definition) is 2. The molecule has 116 valence electrons. The molecule has 22 heavy (non-hydrogen) atoms. The Kier molecular flexibility index (Phi) is 5.98. The van der Waals surface area contributed by atoms with E-state index in [-0.39, 0.29) is 18.4 Å². The topological polar surface area (TPSA) is 64.3 Å². The molecule has 0 radical (unpaired) electrons. The molecule has 0 bridgehead atoms. The third-order valence-corrected chi connectivity index (χ3v) is 3.38. The molecule has 4 heteroatoms. The fraction of sp³-hybridized carbons (Fsp3) is 0.278. The van der Waals surface area contributed by atoms with Crippen molar-refractivity contribution in [3.05, 3.63) is 65.7 Å². The van der Waals surface area contributed by atoms with Crippen molar-refractivity contribution >= 4 is 5.91 Å². The van der Waals surface area contributed by atoms with Gasteiger partial charge in [0, 0.05) is 24.6 Å². The van der Waals surface area contributed by atoms with Crippen LogP contribution in [-0.2, 0) is 11.3 Å². The number of nitrogens with one attached hydrogen (secondary N) is 1. The van der Waals surface area contributed by atoms with Gasteiger partial charge < -0.3 is 15.8 Å². The highest BCUT2D eigenvalue weighted by Crippen LogP contribution is 2.18. The molecule has 0 aromatic heterocycles. The molecule has 1 amide bonds. The lowest BCUT2D eigenvalue weighted by Crippen LogP contribution is -2.27. The Labute approximate surface area is 131 Å². The number of nitrogens with two attached hydrogens (primary N) is 1. The third kappa shape index (κ3) is 4.60. The Bertz CT molecular complexity index is 599. The van der Waals surface area contributed by atoms with Crippen molar-refractivity contribution in [1.29, 1.82) is 0 Å². The number of carbonyl (C=O) groups is 1. The van der Waals surface area contributed by atoms with Gasteiger partial charge in [-0.25, -0.2) is 0 Å². The van der Waals surface area contributed by atoms with Gasteiger partial charge in [-0.2, -0.15) is 0 Å². The van der Waals surface area contributed by atoms with Gasteiger partial charge in [0.25, 0.3) is 0 Å². The highest BCUT2D eigenvalue weighted by atomic mass is 16.5. The van der Waals surface area contributed by atoms with E-state index in [2.05, 4.69) is 5.32 Å². The number of ether oxygens (including phenoxy) is 1. The summed E-state index contributed by atoms with van der Waals surface area (Å²) in [6, 6.07) is 17.1. The van der Waals surface area contributed by atoms with Crippen molar-refractivity contribution < 1.29 is 9.53 Å². The summed E-state index contributed by atoms with van der Waals surface area (Å²) in [5.41, 5.74) is 7.99. The number of rotatable bonds is 7. The van der Waals surface area contributed by atoms with Crippen LogP contribution in [0.3, 0.4) is 0 Å². The van der Waals surface area contributed by atoms with E-state index in [0.29, 0.717) is 13.2 Å². The Balaban J connectivity index is 1.88. The molecule has 4 nitrogen and oxygen atoms in total. The first-order chi connectivity index (χ1) is 10.7. The summed E-state index contributed by atoms with van der Waals surface area (Å²) >= 11 is 0. The molecule has 3 N–H and O–H groups in total. The zero-order chi connectivity index (χ0) is 15.8. The SMILES string of the molecule is CCOc1ccccc1CNC(=O)CC(N)c1ccccc1. The minimum Gasteiger partial charge on any atom is -0.494 e. The number of hydrogen-bond acceptors (Lipinski definition) is 3. The number of benzene rings is 2. The minimum absolute atomic E-state index is 0.0670. The van der Waals surface area contributed by atoms with E-state index in [1.165, 1.54) is 0 Å². The molecule has 2 rings (SSSR count). The molecule has 2 aromatic rings. The van der Waals surface area contributed by atoms with Crippen LogP contribution in [0.25, 0.3) is 0 Å². The molecule has 0 aliphatic heterocycles. The van der Waals surface area contributed by atoms with Gasteiger partial charge in [0.15, 0.2) is 0 Å². The van der Waals surface area contributed by atoms with Gasteiger partial charge in [-0.15, -0.1) is 0 Å². The molecule has 1 unspecified atom stereocenters. The summed E-state index contributed by atoms with van der Waals surface area (Å²) in [6.45, 7) is 2.98. The van der Waals surface area contributed by atoms with E-state index in [4.69, 9.17) is 10.5 Å². The lowest BCUT2D eigenvalue weighted by atomic mass is 10.0. The first kappa shape index (κ1) is 16.0. The molecular formula is C18H22N2O2. The third-order valence-electron chi connectivity index (χ3n) is 3.38. The molecule has 0 saturated heterocycles. The zero-order valence-corrected chi connectivity index (χ0v) is 12.8. The van der Waals surface area contributed by atoms with Crippen LogP contribution in [0, 0.1) is 0 Å². The Morgan fingerprint density at radius 3 is 2.55 bits per heavy atom. The first-order valence-corrected chi connectivity index (χ1v) is 7.48. The lowest BCUT2D eigenvalue weighted by molar-refractivity contribution is -0.121. The Morgan fingerprint density at radius 1 is 1.14 bits per heavy atom. The van der Waals surface area contributed by atoms with Crippen LogP contribution in [0.5, 0.6) is 5.75 Å². The van der Waals surface area contributed by atoms with E-state index in [0.717, 1.165) is 16.9 Å². The summed E-state index contributed by atoms with van der Waals surface area (Å²) < 4.78 is 5.54. The fourth-order valence-electron chi connectivity index (χ4n) is 2.23. The summed E-state index contributed by atoms with van der Waals surface area (Å²) in [5, 5.41) is 2.90. The van der Waals surface area contributed by atoms with Crippen LogP contribution in [0.1, 0.15) is 30.5 Å². The van der Waals surface area contributed by atoms with Crippen molar-refractivity contribution in [2.45, 2.75) is 25.9 Å². The molecule has 0 fully saturated rings. The normalized spacial score (nSPS) is 11.7. The van der Waals surface area contributed by atoms with Crippen molar-refractivity contribution in [2.75, 3.05) is 6.61 Å². The van der Waals surface area contributed by atoms with Gasteiger partial charge in [0.05, 0.1) is 6.61 Å².